The molecule has 0 saturated carbocycles. The summed E-state index contributed by atoms with van der Waals surface area (Å²) in [7, 11) is -3.64. The van der Waals surface area contributed by atoms with Gasteiger partial charge < -0.3 is 10.5 Å². The number of alkyl halides is 3. The summed E-state index contributed by atoms with van der Waals surface area (Å²) < 4.78 is 65.2. The van der Waals surface area contributed by atoms with Crippen LogP contribution in [0.2, 0.25) is 0 Å². The van der Waals surface area contributed by atoms with Gasteiger partial charge in [0.05, 0.1) is 6.20 Å². The Morgan fingerprint density at radius 2 is 2.04 bits per heavy atom. The van der Waals surface area contributed by atoms with E-state index < -0.39 is 27.4 Å². The Labute approximate surface area is 147 Å². The van der Waals surface area contributed by atoms with Crippen molar-refractivity contribution in [3.05, 3.63) is 36.7 Å². The van der Waals surface area contributed by atoms with Gasteiger partial charge in [-0.3, -0.25) is 9.48 Å². The van der Waals surface area contributed by atoms with Gasteiger partial charge in [0.2, 0.25) is 5.91 Å². The molecule has 1 aromatic heterocycles. The van der Waals surface area contributed by atoms with Crippen LogP contribution in [0.3, 0.4) is 0 Å². The highest BCUT2D eigenvalue weighted by Gasteiger charge is 2.31. The van der Waals surface area contributed by atoms with E-state index in [-0.39, 0.29) is 18.7 Å². The van der Waals surface area contributed by atoms with E-state index >= 15 is 0 Å². The molecular weight excluding hydrogens is 375 g/mol. The molecule has 0 radical (unpaired) electrons. The van der Waals surface area contributed by atoms with E-state index in [4.69, 9.17) is 5.73 Å². The average Bonchev–Trinajstić information content (AvgIpc) is 2.93. The van der Waals surface area contributed by atoms with E-state index in [1.165, 1.54) is 35.3 Å². The first kappa shape index (κ1) is 19.8. The largest absolute Gasteiger partial charge is 0.573 e. The van der Waals surface area contributed by atoms with E-state index in [2.05, 4.69) is 9.84 Å². The van der Waals surface area contributed by atoms with Gasteiger partial charge in [0.25, 0.3) is 0 Å². The van der Waals surface area contributed by atoms with Crippen LogP contribution in [0, 0.1) is 0 Å². The van der Waals surface area contributed by atoms with Crippen LogP contribution in [-0.4, -0.2) is 42.0 Å². The number of hydrogen-bond donors (Lipinski definition) is 1. The Morgan fingerprint density at radius 3 is 2.62 bits per heavy atom. The number of carbonyl (C=O) groups excluding carboxylic acids is 1. The van der Waals surface area contributed by atoms with Crippen molar-refractivity contribution in [3.63, 3.8) is 0 Å². The molecule has 1 unspecified atom stereocenters. The van der Waals surface area contributed by atoms with Crippen LogP contribution in [0.15, 0.2) is 36.7 Å². The second-order valence-corrected chi connectivity index (χ2v) is 7.81. The van der Waals surface area contributed by atoms with Crippen LogP contribution >= 0.6 is 0 Å². The Hall–Kier alpha value is -2.56. The minimum atomic E-state index is -4.79. The molecule has 0 spiro atoms. The zero-order valence-electron chi connectivity index (χ0n) is 13.6. The first-order valence-electron chi connectivity index (χ1n) is 7.32. The molecule has 0 aliphatic heterocycles. The normalized spacial score (nSPS) is 13.4. The fraction of sp³-hybridized carbons (Fsp3) is 0.333. The standard InChI is InChI=1S/C15H16F3N3O4S/c1-26(23,24)13(14(19)22)5-6-21-9-11(8-20-21)10-3-2-4-12(7-10)25-15(16,17)18/h2-4,7-9,13H,5-6H2,1H3,(H2,19,22). The number of carbonyl (C=O) groups is 1. The quantitative estimate of drug-likeness (QED) is 0.774. The lowest BCUT2D eigenvalue weighted by Crippen LogP contribution is -2.36. The van der Waals surface area contributed by atoms with Crippen LogP contribution in [0.1, 0.15) is 6.42 Å². The summed E-state index contributed by atoms with van der Waals surface area (Å²) in [6, 6.07) is 5.36. The predicted molar refractivity (Wildman–Crippen MR) is 86.8 cm³/mol. The highest BCUT2D eigenvalue weighted by Crippen LogP contribution is 2.27. The van der Waals surface area contributed by atoms with Crippen molar-refractivity contribution in [3.8, 4) is 16.9 Å². The zero-order valence-corrected chi connectivity index (χ0v) is 14.4. The molecule has 0 aliphatic carbocycles. The molecule has 142 valence electrons. The molecule has 0 aliphatic rings. The van der Waals surface area contributed by atoms with Crippen LogP contribution in [0.4, 0.5) is 13.2 Å². The summed E-state index contributed by atoms with van der Waals surface area (Å²) in [5.74, 6) is -1.31. The van der Waals surface area contributed by atoms with Crippen molar-refractivity contribution in [1.29, 1.82) is 0 Å². The summed E-state index contributed by atoms with van der Waals surface area (Å²) >= 11 is 0. The number of ether oxygens (including phenoxy) is 1. The molecular formula is C15H16F3N3O4S. The molecule has 2 rings (SSSR count). The molecule has 2 N–H and O–H groups in total. The molecule has 0 fully saturated rings. The zero-order chi connectivity index (χ0) is 19.5. The lowest BCUT2D eigenvalue weighted by Gasteiger charge is -2.11. The molecule has 26 heavy (non-hydrogen) atoms. The number of hydrogen-bond acceptors (Lipinski definition) is 5. The van der Waals surface area contributed by atoms with E-state index in [0.29, 0.717) is 11.1 Å². The monoisotopic (exact) mass is 391 g/mol. The van der Waals surface area contributed by atoms with Crippen LogP contribution in [-0.2, 0) is 21.2 Å². The summed E-state index contributed by atoms with van der Waals surface area (Å²) in [5, 5.41) is 2.68. The average molecular weight is 391 g/mol. The van der Waals surface area contributed by atoms with Crippen LogP contribution in [0.25, 0.3) is 11.1 Å². The minimum Gasteiger partial charge on any atom is -0.406 e. The molecule has 1 heterocycles. The van der Waals surface area contributed by atoms with Crippen LogP contribution < -0.4 is 10.5 Å². The second kappa shape index (κ2) is 7.36. The topological polar surface area (TPSA) is 104 Å². The molecule has 0 saturated heterocycles. The molecule has 11 heteroatoms. The summed E-state index contributed by atoms with van der Waals surface area (Å²) in [6.45, 7) is 0.0966. The number of sulfone groups is 1. The highest BCUT2D eigenvalue weighted by molar-refractivity contribution is 7.92. The fourth-order valence-corrected chi connectivity index (χ4v) is 3.28. The Balaban J connectivity index is 2.13. The lowest BCUT2D eigenvalue weighted by atomic mass is 10.1. The molecule has 1 aromatic carbocycles. The number of halogens is 3. The van der Waals surface area contributed by atoms with Gasteiger partial charge >= 0.3 is 6.36 Å². The first-order valence-corrected chi connectivity index (χ1v) is 9.28. The number of rotatable bonds is 7. The lowest BCUT2D eigenvalue weighted by molar-refractivity contribution is -0.274. The SMILES string of the molecule is CS(=O)(=O)C(CCn1cc(-c2cccc(OC(F)(F)F)c2)cn1)C(N)=O. The minimum absolute atomic E-state index is 0.0630. The van der Waals surface area contributed by atoms with Crippen molar-refractivity contribution in [2.24, 2.45) is 5.73 Å². The number of nitrogens with zero attached hydrogens (tertiary/aromatic N) is 2. The Bertz CT molecular complexity index is 894. The van der Waals surface area contributed by atoms with Crippen molar-refractivity contribution in [2.75, 3.05) is 6.26 Å². The number of nitrogens with two attached hydrogens (primary N) is 1. The van der Waals surface area contributed by atoms with Gasteiger partial charge in [0, 0.05) is 24.6 Å². The van der Waals surface area contributed by atoms with E-state index in [1.54, 1.807) is 6.07 Å². The third-order valence-corrected chi connectivity index (χ3v) is 4.99. The molecule has 0 bridgehead atoms. The maximum atomic E-state index is 12.3. The van der Waals surface area contributed by atoms with Crippen molar-refractivity contribution in [1.82, 2.24) is 9.78 Å². The fourth-order valence-electron chi connectivity index (χ4n) is 2.32. The highest BCUT2D eigenvalue weighted by atomic mass is 32.2. The molecule has 2 aromatic rings. The second-order valence-electron chi connectivity index (χ2n) is 5.58. The number of primary amides is 1. The van der Waals surface area contributed by atoms with Gasteiger partial charge in [-0.2, -0.15) is 5.10 Å². The smallest absolute Gasteiger partial charge is 0.406 e. The summed E-state index contributed by atoms with van der Waals surface area (Å²) in [6.07, 6.45) is -1.01. The van der Waals surface area contributed by atoms with Gasteiger partial charge in [-0.05, 0) is 24.1 Å². The maximum Gasteiger partial charge on any atom is 0.573 e. The van der Waals surface area contributed by atoms with E-state index in [1.807, 2.05) is 0 Å². The number of amides is 1. The molecule has 1 atom stereocenters. The number of aryl methyl sites for hydroxylation is 1. The van der Waals surface area contributed by atoms with Gasteiger partial charge in [0.1, 0.15) is 11.0 Å². The van der Waals surface area contributed by atoms with E-state index in [0.717, 1.165) is 6.26 Å². The van der Waals surface area contributed by atoms with Gasteiger partial charge in [-0.25, -0.2) is 8.42 Å². The van der Waals surface area contributed by atoms with Crippen molar-refractivity contribution in [2.45, 2.75) is 24.6 Å². The predicted octanol–water partition coefficient (Wildman–Crippen LogP) is 1.74. The Kier molecular flexibility index (Phi) is 5.59. The number of benzene rings is 1. The van der Waals surface area contributed by atoms with Gasteiger partial charge in [-0.1, -0.05) is 12.1 Å². The molecule has 7 nitrogen and oxygen atoms in total. The van der Waals surface area contributed by atoms with Crippen LogP contribution in [0.5, 0.6) is 5.75 Å². The van der Waals surface area contributed by atoms with Gasteiger partial charge in [-0.15, -0.1) is 13.2 Å². The van der Waals surface area contributed by atoms with Crippen molar-refractivity contribution >= 4 is 15.7 Å². The summed E-state index contributed by atoms with van der Waals surface area (Å²) in [4.78, 5) is 11.3. The summed E-state index contributed by atoms with van der Waals surface area (Å²) in [5.41, 5.74) is 6.04. The third-order valence-electron chi connectivity index (χ3n) is 3.49. The Morgan fingerprint density at radius 1 is 1.35 bits per heavy atom. The third kappa shape index (κ3) is 5.48. The maximum absolute atomic E-state index is 12.3. The van der Waals surface area contributed by atoms with Crippen molar-refractivity contribution < 1.29 is 31.1 Å². The van der Waals surface area contributed by atoms with E-state index in [9.17, 15) is 26.4 Å². The van der Waals surface area contributed by atoms with Gasteiger partial charge in [0.15, 0.2) is 9.84 Å². The number of aromatic nitrogens is 2. The first-order chi connectivity index (χ1) is 12.0. The molecule has 1 amide bonds.